The van der Waals surface area contributed by atoms with Crippen molar-refractivity contribution in [2.75, 3.05) is 27.2 Å². The van der Waals surface area contributed by atoms with E-state index in [1.165, 1.54) is 0 Å². The Hall–Kier alpha value is -1.44. The lowest BCUT2D eigenvalue weighted by molar-refractivity contribution is 0.0527. The van der Waals surface area contributed by atoms with Gasteiger partial charge in [-0.25, -0.2) is 4.79 Å². The molecule has 0 aromatic heterocycles. The second-order valence-corrected chi connectivity index (χ2v) is 5.44. The van der Waals surface area contributed by atoms with Gasteiger partial charge in [-0.3, -0.25) is 5.01 Å². The van der Waals surface area contributed by atoms with E-state index < -0.39 is 11.7 Å². The summed E-state index contributed by atoms with van der Waals surface area (Å²) < 4.78 is 5.10. The number of nitrogens with zero attached hydrogens (tertiary/aromatic N) is 3. The van der Waals surface area contributed by atoms with Crippen LogP contribution in [0, 0.1) is 0 Å². The average Bonchev–Trinajstić information content (AvgIpc) is 2.23. The number of hydrogen-bond donors (Lipinski definition) is 2. The maximum atomic E-state index is 11.3. The summed E-state index contributed by atoms with van der Waals surface area (Å²) in [7, 11) is 3.52. The van der Waals surface area contributed by atoms with Crippen molar-refractivity contribution in [2.24, 2.45) is 10.3 Å². The van der Waals surface area contributed by atoms with Crippen LogP contribution < -0.4 is 10.6 Å². The molecule has 19 heavy (non-hydrogen) atoms. The minimum Gasteiger partial charge on any atom is -0.444 e. The van der Waals surface area contributed by atoms with Gasteiger partial charge in [0.1, 0.15) is 5.60 Å². The molecule has 8 heteroatoms. The van der Waals surface area contributed by atoms with Crippen LogP contribution in [-0.4, -0.2) is 49.0 Å². The van der Waals surface area contributed by atoms with Gasteiger partial charge in [0.05, 0.1) is 0 Å². The zero-order chi connectivity index (χ0) is 14.9. The van der Waals surface area contributed by atoms with Crippen LogP contribution >= 0.6 is 12.2 Å². The summed E-state index contributed by atoms with van der Waals surface area (Å²) in [5.41, 5.74) is -0.476. The van der Waals surface area contributed by atoms with Gasteiger partial charge in [0.2, 0.25) is 5.11 Å². The van der Waals surface area contributed by atoms with Crippen molar-refractivity contribution in [3.05, 3.63) is 0 Å². The summed E-state index contributed by atoms with van der Waals surface area (Å²) in [4.78, 5) is 11.3. The van der Waals surface area contributed by atoms with Gasteiger partial charge in [0.15, 0.2) is 0 Å². The molecular weight excluding hydrogens is 266 g/mol. The number of nitrogens with one attached hydrogen (secondary N) is 2. The Morgan fingerprint density at radius 1 is 1.26 bits per heavy atom. The third-order valence-corrected chi connectivity index (χ3v) is 1.84. The Morgan fingerprint density at radius 2 is 1.84 bits per heavy atom. The third kappa shape index (κ3) is 12.8. The maximum Gasteiger partial charge on any atom is 0.407 e. The lowest BCUT2D eigenvalue weighted by atomic mass is 10.2. The molecule has 0 bridgehead atoms. The Balaban J connectivity index is 3.60. The molecule has 0 atom stereocenters. The Bertz CT molecular complexity index is 326. The summed E-state index contributed by atoms with van der Waals surface area (Å²) in [5, 5.41) is 15.0. The predicted molar refractivity (Wildman–Crippen MR) is 78.0 cm³/mol. The molecule has 0 unspecified atom stereocenters. The van der Waals surface area contributed by atoms with Crippen molar-refractivity contribution in [3.63, 3.8) is 0 Å². The van der Waals surface area contributed by atoms with Crippen LogP contribution in [0.25, 0.3) is 0 Å². The van der Waals surface area contributed by atoms with Gasteiger partial charge < -0.3 is 15.4 Å². The number of rotatable bonds is 5. The first-order chi connectivity index (χ1) is 8.70. The topological polar surface area (TPSA) is 78.3 Å². The SMILES string of the molecule is CN(C)N=NC(=S)NCCCNC(=O)OC(C)(C)C. The van der Waals surface area contributed by atoms with E-state index in [2.05, 4.69) is 21.0 Å². The standard InChI is InChI=1S/C11H23N5O2S/c1-11(2,3)18-10(17)13-8-6-7-12-9(19)14-15-16(4)5/h6-8H2,1-5H3,(H,12,19)(H,13,17). The van der Waals surface area contributed by atoms with Gasteiger partial charge >= 0.3 is 6.09 Å². The molecule has 0 spiro atoms. The van der Waals surface area contributed by atoms with Gasteiger partial charge in [-0.2, -0.15) is 0 Å². The number of ether oxygens (including phenoxy) is 1. The summed E-state index contributed by atoms with van der Waals surface area (Å²) in [6, 6.07) is 0. The lowest BCUT2D eigenvalue weighted by Gasteiger charge is -2.19. The van der Waals surface area contributed by atoms with Crippen LogP contribution in [0.5, 0.6) is 0 Å². The molecule has 0 aliphatic heterocycles. The molecule has 2 N–H and O–H groups in total. The van der Waals surface area contributed by atoms with Gasteiger partial charge in [-0.1, -0.05) is 5.22 Å². The van der Waals surface area contributed by atoms with E-state index in [4.69, 9.17) is 17.0 Å². The number of thiocarbonyl (C=S) groups is 1. The van der Waals surface area contributed by atoms with Gasteiger partial charge in [-0.15, -0.1) is 5.11 Å². The highest BCUT2D eigenvalue weighted by Crippen LogP contribution is 2.06. The van der Waals surface area contributed by atoms with Crippen molar-refractivity contribution in [1.29, 1.82) is 0 Å². The summed E-state index contributed by atoms with van der Waals surface area (Å²) in [5.74, 6) is 0. The largest absolute Gasteiger partial charge is 0.444 e. The van der Waals surface area contributed by atoms with E-state index in [0.29, 0.717) is 18.2 Å². The predicted octanol–water partition coefficient (Wildman–Crippen LogP) is 1.70. The van der Waals surface area contributed by atoms with Crippen molar-refractivity contribution in [2.45, 2.75) is 32.8 Å². The van der Waals surface area contributed by atoms with Gasteiger partial charge in [-0.05, 0) is 39.4 Å². The second-order valence-electron chi connectivity index (χ2n) is 5.05. The normalized spacial score (nSPS) is 11.2. The van der Waals surface area contributed by atoms with E-state index >= 15 is 0 Å². The zero-order valence-electron chi connectivity index (χ0n) is 12.2. The van der Waals surface area contributed by atoms with Crippen molar-refractivity contribution < 1.29 is 9.53 Å². The van der Waals surface area contributed by atoms with E-state index in [9.17, 15) is 4.79 Å². The maximum absolute atomic E-state index is 11.3. The van der Waals surface area contributed by atoms with Gasteiger partial charge in [0, 0.05) is 27.2 Å². The Labute approximate surface area is 119 Å². The summed E-state index contributed by atoms with van der Waals surface area (Å²) in [6.45, 7) is 6.59. The molecule has 0 aliphatic carbocycles. The van der Waals surface area contributed by atoms with E-state index in [1.807, 2.05) is 20.8 Å². The third-order valence-electron chi connectivity index (χ3n) is 1.61. The quantitative estimate of drug-likeness (QED) is 0.348. The number of carbonyl (C=O) groups is 1. The molecule has 0 aliphatic rings. The number of hydrogen-bond acceptors (Lipinski definition) is 4. The molecule has 0 aromatic carbocycles. The van der Waals surface area contributed by atoms with Crippen LogP contribution in [0.1, 0.15) is 27.2 Å². The average molecular weight is 289 g/mol. The fourth-order valence-electron chi connectivity index (χ4n) is 0.954. The smallest absolute Gasteiger partial charge is 0.407 e. The molecule has 0 heterocycles. The van der Waals surface area contributed by atoms with Crippen LogP contribution in [0.4, 0.5) is 4.79 Å². The molecule has 0 radical (unpaired) electrons. The highest BCUT2D eigenvalue weighted by Gasteiger charge is 2.15. The Kier molecular flexibility index (Phi) is 7.97. The molecule has 0 saturated heterocycles. The van der Waals surface area contributed by atoms with E-state index in [1.54, 1.807) is 19.1 Å². The molecule has 0 fully saturated rings. The van der Waals surface area contributed by atoms with Crippen LogP contribution in [0.15, 0.2) is 10.3 Å². The summed E-state index contributed by atoms with van der Waals surface area (Å²) >= 11 is 4.94. The molecule has 0 rings (SSSR count). The molecule has 7 nitrogen and oxygen atoms in total. The fourth-order valence-corrected chi connectivity index (χ4v) is 1.09. The van der Waals surface area contributed by atoms with Crippen molar-refractivity contribution in [3.8, 4) is 0 Å². The highest BCUT2D eigenvalue weighted by molar-refractivity contribution is 7.80. The fraction of sp³-hybridized carbons (Fsp3) is 0.818. The molecule has 1 amide bonds. The highest BCUT2D eigenvalue weighted by atomic mass is 32.1. The zero-order valence-corrected chi connectivity index (χ0v) is 13.0. The van der Waals surface area contributed by atoms with E-state index in [-0.39, 0.29) is 0 Å². The number of alkyl carbamates (subject to hydrolysis) is 1. The van der Waals surface area contributed by atoms with Crippen LogP contribution in [0.3, 0.4) is 0 Å². The first-order valence-corrected chi connectivity index (χ1v) is 6.45. The number of carbonyl (C=O) groups excluding carboxylic acids is 1. The van der Waals surface area contributed by atoms with Crippen molar-refractivity contribution in [1.82, 2.24) is 15.6 Å². The monoisotopic (exact) mass is 289 g/mol. The van der Waals surface area contributed by atoms with E-state index in [0.717, 1.165) is 6.42 Å². The van der Waals surface area contributed by atoms with Crippen LogP contribution in [-0.2, 0) is 4.74 Å². The molecule has 0 aromatic rings. The van der Waals surface area contributed by atoms with Crippen LogP contribution in [0.2, 0.25) is 0 Å². The minimum atomic E-state index is -0.476. The lowest BCUT2D eigenvalue weighted by Crippen LogP contribution is -2.34. The first kappa shape index (κ1) is 17.6. The van der Waals surface area contributed by atoms with Crippen molar-refractivity contribution >= 4 is 23.4 Å². The molecule has 0 saturated carbocycles. The number of amides is 1. The summed E-state index contributed by atoms with van der Waals surface area (Å²) in [6.07, 6.45) is 0.305. The minimum absolute atomic E-state index is 0.325. The van der Waals surface area contributed by atoms with Gasteiger partial charge in [0.25, 0.3) is 0 Å². The molecular formula is C11H23N5O2S. The second kappa shape index (κ2) is 8.63. The first-order valence-electron chi connectivity index (χ1n) is 6.04. The Morgan fingerprint density at radius 3 is 2.37 bits per heavy atom. The molecule has 110 valence electrons.